The van der Waals surface area contributed by atoms with E-state index in [2.05, 4.69) is 10.3 Å². The molecule has 4 aromatic rings. The van der Waals surface area contributed by atoms with Crippen molar-refractivity contribution < 1.29 is 19.1 Å². The van der Waals surface area contributed by atoms with E-state index >= 15 is 0 Å². The molecular weight excluding hydrogens is 430 g/mol. The second-order valence-electron chi connectivity index (χ2n) is 7.47. The Balaban J connectivity index is 1.98. The van der Waals surface area contributed by atoms with E-state index in [0.717, 1.165) is 11.3 Å². The van der Waals surface area contributed by atoms with Gasteiger partial charge in [0.15, 0.2) is 0 Å². The van der Waals surface area contributed by atoms with E-state index in [1.807, 2.05) is 66.1 Å². The number of hydrogen-bond donors (Lipinski definition) is 1. The fraction of sp³-hybridized carbons (Fsp3) is 0.148. The predicted molar refractivity (Wildman–Crippen MR) is 131 cm³/mol. The molecular formula is C27H25N3O4. The number of esters is 1. The lowest BCUT2D eigenvalue weighted by Gasteiger charge is -2.14. The van der Waals surface area contributed by atoms with Crippen molar-refractivity contribution in [2.45, 2.75) is 13.8 Å². The number of aromatic nitrogens is 2. The molecule has 0 spiro atoms. The van der Waals surface area contributed by atoms with E-state index in [1.54, 1.807) is 38.4 Å². The van der Waals surface area contributed by atoms with Crippen LogP contribution in [0.5, 0.6) is 5.75 Å². The van der Waals surface area contributed by atoms with Gasteiger partial charge in [-0.05, 0) is 50.2 Å². The minimum atomic E-state index is -0.513. The summed E-state index contributed by atoms with van der Waals surface area (Å²) in [7, 11) is 1.61. The van der Waals surface area contributed by atoms with Gasteiger partial charge in [-0.15, -0.1) is 0 Å². The van der Waals surface area contributed by atoms with Gasteiger partial charge in [0, 0.05) is 23.1 Å². The number of rotatable bonds is 7. The van der Waals surface area contributed by atoms with Gasteiger partial charge in [-0.2, -0.15) is 0 Å². The number of anilines is 1. The summed E-state index contributed by atoms with van der Waals surface area (Å²) in [4.78, 5) is 30.4. The molecule has 0 bridgehead atoms. The summed E-state index contributed by atoms with van der Waals surface area (Å²) < 4.78 is 12.6. The molecule has 0 atom stereocenters. The first-order chi connectivity index (χ1) is 16.5. The van der Waals surface area contributed by atoms with Crippen LogP contribution in [0.4, 0.5) is 5.69 Å². The van der Waals surface area contributed by atoms with Crippen molar-refractivity contribution in [1.29, 1.82) is 0 Å². The summed E-state index contributed by atoms with van der Waals surface area (Å²) in [5, 5.41) is 2.94. The summed E-state index contributed by atoms with van der Waals surface area (Å²) in [5.74, 6) is -0.222. The number of pyridine rings is 1. The zero-order valence-electron chi connectivity index (χ0n) is 19.2. The molecule has 2 aromatic heterocycles. The molecule has 7 nitrogen and oxygen atoms in total. The van der Waals surface area contributed by atoms with Crippen molar-refractivity contribution >= 4 is 17.6 Å². The first-order valence-electron chi connectivity index (χ1n) is 10.9. The van der Waals surface area contributed by atoms with Crippen LogP contribution < -0.4 is 10.1 Å². The van der Waals surface area contributed by atoms with E-state index in [-0.39, 0.29) is 12.3 Å². The summed E-state index contributed by atoms with van der Waals surface area (Å²) in [6.45, 7) is 3.79. The summed E-state index contributed by atoms with van der Waals surface area (Å²) in [6.07, 6.45) is 1.55. The molecule has 1 amide bonds. The molecule has 2 heterocycles. The monoisotopic (exact) mass is 455 g/mol. The Bertz CT molecular complexity index is 1300. The van der Waals surface area contributed by atoms with Crippen LogP contribution in [0.25, 0.3) is 16.9 Å². The first-order valence-corrected chi connectivity index (χ1v) is 10.9. The molecule has 4 rings (SSSR count). The number of ether oxygens (including phenoxy) is 2. The number of carbonyl (C=O) groups is 2. The van der Waals surface area contributed by atoms with Crippen molar-refractivity contribution in [3.63, 3.8) is 0 Å². The smallest absolute Gasteiger partial charge is 0.342 e. The molecule has 0 unspecified atom stereocenters. The van der Waals surface area contributed by atoms with Crippen LogP contribution >= 0.6 is 0 Å². The molecule has 0 aliphatic heterocycles. The molecule has 0 saturated carbocycles. The fourth-order valence-electron chi connectivity index (χ4n) is 3.86. The zero-order chi connectivity index (χ0) is 24.1. The topological polar surface area (TPSA) is 82.5 Å². The Kier molecular flexibility index (Phi) is 6.73. The first kappa shape index (κ1) is 22.8. The van der Waals surface area contributed by atoms with Gasteiger partial charge in [-0.3, -0.25) is 9.78 Å². The number of methoxy groups -OCH3 is 1. The molecule has 172 valence electrons. The van der Waals surface area contributed by atoms with Gasteiger partial charge in [0.1, 0.15) is 17.0 Å². The van der Waals surface area contributed by atoms with E-state index in [0.29, 0.717) is 28.4 Å². The van der Waals surface area contributed by atoms with Gasteiger partial charge in [-0.1, -0.05) is 36.4 Å². The summed E-state index contributed by atoms with van der Waals surface area (Å²) in [6, 6.07) is 22.2. The Labute approximate surface area is 198 Å². The molecule has 0 fully saturated rings. The Morgan fingerprint density at radius 3 is 2.29 bits per heavy atom. The third-order valence-corrected chi connectivity index (χ3v) is 5.40. The summed E-state index contributed by atoms with van der Waals surface area (Å²) >= 11 is 0. The average molecular weight is 456 g/mol. The van der Waals surface area contributed by atoms with Gasteiger partial charge in [-0.25, -0.2) is 4.79 Å². The minimum absolute atomic E-state index is 0.209. The van der Waals surface area contributed by atoms with Crippen LogP contribution in [0.15, 0.2) is 79.0 Å². The number of hydrogen-bond acceptors (Lipinski definition) is 5. The Morgan fingerprint density at radius 2 is 1.68 bits per heavy atom. The number of amides is 1. The van der Waals surface area contributed by atoms with Crippen LogP contribution in [-0.2, 0) is 4.74 Å². The Morgan fingerprint density at radius 1 is 0.971 bits per heavy atom. The second kappa shape index (κ2) is 10.0. The van der Waals surface area contributed by atoms with Gasteiger partial charge in [0.25, 0.3) is 5.91 Å². The van der Waals surface area contributed by atoms with Crippen LogP contribution in [0.1, 0.15) is 33.5 Å². The SMILES string of the molecule is CCOC(=O)c1c(NC(=O)c2ccccn2)c(-c2ccccc2)n(-c2ccc(OC)cc2)c1C. The minimum Gasteiger partial charge on any atom is -0.497 e. The number of carbonyl (C=O) groups excluding carboxylic acids is 2. The Hall–Kier alpha value is -4.39. The van der Waals surface area contributed by atoms with E-state index in [1.165, 1.54) is 0 Å². The highest BCUT2D eigenvalue weighted by Gasteiger charge is 2.29. The maximum absolute atomic E-state index is 13.1. The van der Waals surface area contributed by atoms with Gasteiger partial charge < -0.3 is 19.4 Å². The molecule has 0 aliphatic carbocycles. The molecule has 2 aromatic carbocycles. The van der Waals surface area contributed by atoms with E-state index in [4.69, 9.17) is 9.47 Å². The van der Waals surface area contributed by atoms with E-state index < -0.39 is 11.9 Å². The van der Waals surface area contributed by atoms with Crippen LogP contribution in [0.2, 0.25) is 0 Å². The quantitative estimate of drug-likeness (QED) is 0.383. The van der Waals surface area contributed by atoms with Crippen molar-refractivity contribution in [2.75, 3.05) is 19.0 Å². The van der Waals surface area contributed by atoms with Crippen molar-refractivity contribution in [3.8, 4) is 22.7 Å². The maximum atomic E-state index is 13.1. The highest BCUT2D eigenvalue weighted by Crippen LogP contribution is 2.39. The van der Waals surface area contributed by atoms with Crippen LogP contribution in [-0.4, -0.2) is 35.1 Å². The highest BCUT2D eigenvalue weighted by atomic mass is 16.5. The molecule has 1 N–H and O–H groups in total. The van der Waals surface area contributed by atoms with Gasteiger partial charge in [0.05, 0.1) is 25.1 Å². The number of benzene rings is 2. The lowest BCUT2D eigenvalue weighted by atomic mass is 10.1. The van der Waals surface area contributed by atoms with Crippen molar-refractivity contribution in [2.24, 2.45) is 0 Å². The normalized spacial score (nSPS) is 10.6. The molecule has 0 saturated heterocycles. The third-order valence-electron chi connectivity index (χ3n) is 5.40. The predicted octanol–water partition coefficient (Wildman–Crippen LogP) is 5.29. The molecule has 34 heavy (non-hydrogen) atoms. The van der Waals surface area contributed by atoms with Crippen molar-refractivity contribution in [3.05, 3.63) is 95.9 Å². The zero-order valence-corrected chi connectivity index (χ0v) is 19.2. The van der Waals surface area contributed by atoms with Crippen LogP contribution in [0.3, 0.4) is 0 Å². The molecule has 0 radical (unpaired) electrons. The second-order valence-corrected chi connectivity index (χ2v) is 7.47. The lowest BCUT2D eigenvalue weighted by molar-refractivity contribution is 0.0526. The maximum Gasteiger partial charge on any atom is 0.342 e. The number of nitrogens with one attached hydrogen (secondary N) is 1. The fourth-order valence-corrected chi connectivity index (χ4v) is 3.86. The standard InChI is InChI=1S/C27H25N3O4/c1-4-34-27(32)23-18(2)30(20-13-15-21(33-3)16-14-20)25(19-10-6-5-7-11-19)24(23)29-26(31)22-12-8-9-17-28-22/h5-17H,4H2,1-3H3,(H,29,31). The van der Waals surface area contributed by atoms with Gasteiger partial charge in [0.2, 0.25) is 0 Å². The highest BCUT2D eigenvalue weighted by molar-refractivity contribution is 6.11. The van der Waals surface area contributed by atoms with Crippen molar-refractivity contribution in [1.82, 2.24) is 9.55 Å². The van der Waals surface area contributed by atoms with Crippen LogP contribution in [0, 0.1) is 6.92 Å². The number of nitrogens with zero attached hydrogens (tertiary/aromatic N) is 2. The summed E-state index contributed by atoms with van der Waals surface area (Å²) in [5.41, 5.74) is 3.84. The molecule has 7 heteroatoms. The largest absolute Gasteiger partial charge is 0.497 e. The third kappa shape index (κ3) is 4.41. The lowest BCUT2D eigenvalue weighted by Crippen LogP contribution is -2.16. The molecule has 0 aliphatic rings. The van der Waals surface area contributed by atoms with E-state index in [9.17, 15) is 9.59 Å². The van der Waals surface area contributed by atoms with Gasteiger partial charge >= 0.3 is 5.97 Å². The average Bonchev–Trinajstić information content (AvgIpc) is 3.16.